The summed E-state index contributed by atoms with van der Waals surface area (Å²) in [4.78, 5) is 53.0. The van der Waals surface area contributed by atoms with E-state index in [1.165, 1.54) is 26.2 Å². The largest absolute Gasteiger partial charge is 0.485 e. The minimum atomic E-state index is -5.03. The van der Waals surface area contributed by atoms with Gasteiger partial charge in [0, 0.05) is 23.5 Å². The van der Waals surface area contributed by atoms with Gasteiger partial charge in [0.1, 0.15) is 23.3 Å². The monoisotopic (exact) mass is 752 g/mol. The van der Waals surface area contributed by atoms with E-state index in [4.69, 9.17) is 25.6 Å². The first kappa shape index (κ1) is 37.8. The van der Waals surface area contributed by atoms with E-state index in [1.54, 1.807) is 12.1 Å². The zero-order chi connectivity index (χ0) is 37.3. The molecule has 5 rings (SSSR count). The molecule has 51 heavy (non-hydrogen) atoms. The number of amidine groups is 1. The summed E-state index contributed by atoms with van der Waals surface area (Å²) in [5.41, 5.74) is 9.35. The fraction of sp³-hybridized carbons (Fsp3) is 0.533. The van der Waals surface area contributed by atoms with Crippen LogP contribution in [0.4, 0.5) is 5.13 Å². The number of rotatable bonds is 13. The van der Waals surface area contributed by atoms with Gasteiger partial charge in [-0.15, -0.1) is 15.6 Å². The minimum Gasteiger partial charge on any atom is -0.485 e. The van der Waals surface area contributed by atoms with Crippen molar-refractivity contribution >= 4 is 56.2 Å². The van der Waals surface area contributed by atoms with Gasteiger partial charge in [-0.1, -0.05) is 5.16 Å². The maximum Gasteiger partial charge on any atom is 0.418 e. The van der Waals surface area contributed by atoms with Crippen molar-refractivity contribution in [3.8, 4) is 5.75 Å². The Balaban J connectivity index is 1.31. The number of anilines is 1. The molecule has 2 aromatic rings. The number of carboxylic acids is 1. The number of β-lactam (4-membered cyclic amide) rings is 1. The highest BCUT2D eigenvalue weighted by molar-refractivity contribution is 7.80. The van der Waals surface area contributed by atoms with Crippen molar-refractivity contribution in [2.45, 2.75) is 75.8 Å². The zero-order valence-corrected chi connectivity index (χ0v) is 29.6. The smallest absolute Gasteiger partial charge is 0.418 e. The predicted molar refractivity (Wildman–Crippen MR) is 182 cm³/mol. The van der Waals surface area contributed by atoms with Crippen molar-refractivity contribution in [1.82, 2.24) is 20.7 Å². The summed E-state index contributed by atoms with van der Waals surface area (Å²) in [6.07, 6.45) is 1.23. The molecular formula is C30H40N8O11S2. The number of hydroxylamine groups is 2. The molecule has 0 radical (unpaired) electrons. The minimum absolute atomic E-state index is 0.0465. The molecule has 5 atom stereocenters. The number of nitrogens with one attached hydrogen (secondary N) is 2. The van der Waals surface area contributed by atoms with Gasteiger partial charge in [0.15, 0.2) is 16.9 Å². The molecule has 21 heteroatoms. The van der Waals surface area contributed by atoms with Crippen LogP contribution in [0.1, 0.15) is 56.9 Å². The molecular weight excluding hydrogens is 713 g/mol. The molecule has 0 bridgehead atoms. The third-order valence-corrected chi connectivity index (χ3v) is 10.1. The van der Waals surface area contributed by atoms with Crippen LogP contribution in [-0.4, -0.2) is 112 Å². The Kier molecular flexibility index (Phi) is 10.9. The predicted octanol–water partition coefficient (Wildman–Crippen LogP) is -0.411. The number of hydrogen-bond donors (Lipinski definition) is 7. The van der Waals surface area contributed by atoms with Crippen molar-refractivity contribution in [2.75, 3.05) is 25.4 Å². The number of aryl methyl sites for hydroxylation is 1. The first-order valence-corrected chi connectivity index (χ1v) is 18.1. The number of carbonyl (C=O) groups excluding carboxylic acids is 2. The molecule has 3 aliphatic rings. The number of carboxylic acid groups (broad SMARTS) is 1. The van der Waals surface area contributed by atoms with E-state index in [9.17, 15) is 33.0 Å². The second-order valence-corrected chi connectivity index (χ2v) is 15.0. The van der Waals surface area contributed by atoms with Gasteiger partial charge in [-0.2, -0.15) is 13.5 Å². The number of thiazole rings is 1. The summed E-state index contributed by atoms with van der Waals surface area (Å²) in [6, 6.07) is 3.92. The SMILES string of the molecule is CC1(C)[C@H](NC(=O)/C(=N\O[C@](C)(C(=O)O)[C@H]2CCc3cc(C(N)=NC[C@H]4CCN[C@H](CO)C4)ccc3O2)c2csc(N)n2)C(=O)N1OS(=O)(=O)O. The molecule has 1 aromatic heterocycles. The maximum atomic E-state index is 13.5. The standard InChI is InChI=1S/C30H40N8O11S2/c1-29(2)23(26(41)38(29)49-51(44,45)46)36-25(40)22(19-14-50-28(32)35-19)37-48-30(3,27(42)43)21-7-5-16-11-17(4-6-20(16)47-21)24(31)34-12-15-8-9-33-18(10-15)13-39/h4,6,11,14-15,18,21,23,33,39H,5,7-10,12-13H2,1-3H3,(H2,31,34)(H2,32,35)(H,36,40)(H,42,43)(H,44,45,46)/b37-22-/t15-,18-,21+,23+,30-/m0/s1. The lowest BCUT2D eigenvalue weighted by atomic mass is 9.84. The van der Waals surface area contributed by atoms with Gasteiger partial charge in [0.05, 0.1) is 12.1 Å². The topological polar surface area (TPSA) is 291 Å². The molecule has 0 aliphatic carbocycles. The fourth-order valence-corrected chi connectivity index (χ4v) is 7.05. The number of aromatic nitrogens is 1. The Morgan fingerprint density at radius 3 is 2.69 bits per heavy atom. The van der Waals surface area contributed by atoms with E-state index >= 15 is 0 Å². The number of nitrogens with two attached hydrogens (primary N) is 2. The first-order chi connectivity index (χ1) is 23.9. The average Bonchev–Trinajstić information content (AvgIpc) is 3.52. The highest BCUT2D eigenvalue weighted by atomic mass is 32.3. The van der Waals surface area contributed by atoms with E-state index in [0.717, 1.165) is 36.3 Å². The van der Waals surface area contributed by atoms with Crippen molar-refractivity contribution in [3.05, 3.63) is 40.4 Å². The van der Waals surface area contributed by atoms with Gasteiger partial charge in [-0.05, 0) is 82.7 Å². The Morgan fingerprint density at radius 1 is 1.31 bits per heavy atom. The van der Waals surface area contributed by atoms with Crippen LogP contribution >= 0.6 is 11.3 Å². The highest BCUT2D eigenvalue weighted by Crippen LogP contribution is 2.35. The quantitative estimate of drug-likeness (QED) is 0.0450. The number of benzene rings is 1. The fourth-order valence-electron chi connectivity index (χ4n) is 6.05. The van der Waals surface area contributed by atoms with Crippen molar-refractivity contribution in [1.29, 1.82) is 0 Å². The molecule has 0 spiro atoms. The Hall–Kier alpha value is -4.41. The summed E-state index contributed by atoms with van der Waals surface area (Å²) >= 11 is 0.961. The number of aliphatic hydroxyl groups is 1. The summed E-state index contributed by atoms with van der Waals surface area (Å²) in [5, 5.41) is 31.1. The second-order valence-electron chi connectivity index (χ2n) is 13.1. The molecule has 1 aromatic carbocycles. The molecule has 2 fully saturated rings. The van der Waals surface area contributed by atoms with Crippen molar-refractivity contribution in [3.63, 3.8) is 0 Å². The van der Waals surface area contributed by atoms with Crippen LogP contribution in [0.2, 0.25) is 0 Å². The van der Waals surface area contributed by atoms with Gasteiger partial charge >= 0.3 is 16.4 Å². The Bertz CT molecular complexity index is 1850. The molecule has 2 saturated heterocycles. The third kappa shape index (κ3) is 8.23. The van der Waals surface area contributed by atoms with Crippen LogP contribution in [0, 0.1) is 5.92 Å². The average molecular weight is 753 g/mol. The number of carbonyl (C=O) groups is 3. The molecule has 19 nitrogen and oxygen atoms in total. The van der Waals surface area contributed by atoms with Crippen LogP contribution in [0.5, 0.6) is 5.75 Å². The summed E-state index contributed by atoms with van der Waals surface area (Å²) in [7, 11) is -5.03. The molecule has 0 unspecified atom stereocenters. The van der Waals surface area contributed by atoms with Gasteiger partial charge < -0.3 is 41.9 Å². The zero-order valence-electron chi connectivity index (χ0n) is 27.9. The van der Waals surface area contributed by atoms with Crippen molar-refractivity contribution < 1.29 is 51.4 Å². The van der Waals surface area contributed by atoms with Crippen LogP contribution in [0.3, 0.4) is 0 Å². The van der Waals surface area contributed by atoms with Crippen molar-refractivity contribution in [2.24, 2.45) is 21.8 Å². The van der Waals surface area contributed by atoms with E-state index in [1.807, 2.05) is 6.07 Å². The van der Waals surface area contributed by atoms with E-state index < -0.39 is 57.2 Å². The second kappa shape index (κ2) is 14.7. The molecule has 278 valence electrons. The Labute approximate surface area is 296 Å². The molecule has 4 heterocycles. The van der Waals surface area contributed by atoms with E-state index in [2.05, 4.69) is 30.0 Å². The number of aliphatic hydroxyl groups excluding tert-OH is 1. The van der Waals surface area contributed by atoms with Gasteiger partial charge in [-0.25, -0.2) is 9.78 Å². The van der Waals surface area contributed by atoms with Gasteiger partial charge in [0.25, 0.3) is 17.4 Å². The van der Waals surface area contributed by atoms with Crippen LogP contribution in [-0.2, 0) is 40.3 Å². The lowest BCUT2D eigenvalue weighted by Gasteiger charge is -2.50. The van der Waals surface area contributed by atoms with Crippen LogP contribution < -0.4 is 26.8 Å². The summed E-state index contributed by atoms with van der Waals surface area (Å²) < 4.78 is 41.8. The van der Waals surface area contributed by atoms with Gasteiger partial charge in [-0.3, -0.25) is 19.1 Å². The van der Waals surface area contributed by atoms with E-state index in [-0.39, 0.29) is 29.9 Å². The normalized spacial score (nSPS) is 24.8. The number of aliphatic carboxylic acids is 1. The number of amides is 2. The lowest BCUT2D eigenvalue weighted by molar-refractivity contribution is -0.218. The number of hydrogen-bond acceptors (Lipinski definition) is 15. The molecule has 3 aliphatic heterocycles. The van der Waals surface area contributed by atoms with Crippen LogP contribution in [0.15, 0.2) is 33.7 Å². The number of oxime groups is 1. The van der Waals surface area contributed by atoms with Gasteiger partial charge in [0.2, 0.25) is 0 Å². The number of piperidine rings is 1. The molecule has 9 N–H and O–H groups in total. The third-order valence-electron chi connectivity index (χ3n) is 9.11. The number of fused-ring (bicyclic) bond motifs is 1. The number of nitrogens with zero attached hydrogens (tertiary/aromatic N) is 4. The first-order valence-electron chi connectivity index (χ1n) is 15.9. The Morgan fingerprint density at radius 2 is 2.06 bits per heavy atom. The maximum absolute atomic E-state index is 13.5. The number of ether oxygens (including phenoxy) is 1. The van der Waals surface area contributed by atoms with E-state index in [0.29, 0.717) is 41.1 Å². The highest BCUT2D eigenvalue weighted by Gasteiger charge is 2.58. The molecule has 0 saturated carbocycles. The number of aliphatic imine (C=N–C) groups is 1. The summed E-state index contributed by atoms with van der Waals surface area (Å²) in [6.45, 7) is 5.37. The molecule has 2 amide bonds. The lowest BCUT2D eigenvalue weighted by Crippen LogP contribution is -2.76. The number of nitrogen functional groups attached to an aromatic ring is 1. The van der Waals surface area contributed by atoms with Crippen LogP contribution in [0.25, 0.3) is 0 Å². The summed E-state index contributed by atoms with van der Waals surface area (Å²) in [5.74, 6) is -2.42.